The zero-order valence-corrected chi connectivity index (χ0v) is 20.2. The standard InChI is InChI=1S/C29H35N3O2/c1-33-28-10-5-9-27(28)29(22-31,24-7-3-2-4-8-24)25-15-18-32(19-16-25)17-6-20-34-26-13-11-23(21-30)12-14-26/h2-4,7-8,11-14,25,27-28H,5-6,9-10,15-20H2,1H3/t27-,28+,29?/m1/s1. The molecule has 0 radical (unpaired) electrons. The van der Waals surface area contributed by atoms with Crippen molar-refractivity contribution in [2.75, 3.05) is 33.4 Å². The van der Waals surface area contributed by atoms with E-state index in [9.17, 15) is 5.26 Å². The molecular formula is C29H35N3O2. The second kappa shape index (κ2) is 11.5. The van der Waals surface area contributed by atoms with E-state index in [0.717, 1.165) is 63.9 Å². The Bertz CT molecular complexity index is 987. The van der Waals surface area contributed by atoms with Gasteiger partial charge in [-0.25, -0.2) is 0 Å². The van der Waals surface area contributed by atoms with Gasteiger partial charge in [-0.1, -0.05) is 36.8 Å². The molecule has 0 aromatic heterocycles. The van der Waals surface area contributed by atoms with Gasteiger partial charge in [-0.3, -0.25) is 0 Å². The summed E-state index contributed by atoms with van der Waals surface area (Å²) < 4.78 is 11.7. The Balaban J connectivity index is 1.35. The van der Waals surface area contributed by atoms with E-state index in [1.165, 1.54) is 5.56 Å². The van der Waals surface area contributed by atoms with Crippen molar-refractivity contribution in [1.82, 2.24) is 4.90 Å². The maximum absolute atomic E-state index is 10.7. The summed E-state index contributed by atoms with van der Waals surface area (Å²) >= 11 is 0. The molecule has 1 heterocycles. The van der Waals surface area contributed by atoms with Gasteiger partial charge in [-0.05, 0) is 80.9 Å². The van der Waals surface area contributed by atoms with Crippen LogP contribution < -0.4 is 4.74 Å². The third kappa shape index (κ3) is 5.12. The Morgan fingerprint density at radius 2 is 1.71 bits per heavy atom. The van der Waals surface area contributed by atoms with E-state index in [1.807, 2.05) is 18.2 Å². The summed E-state index contributed by atoms with van der Waals surface area (Å²) in [4.78, 5) is 2.51. The zero-order valence-electron chi connectivity index (χ0n) is 20.2. The summed E-state index contributed by atoms with van der Waals surface area (Å²) in [5.74, 6) is 1.40. The first-order chi connectivity index (χ1) is 16.7. The number of hydrogen-bond acceptors (Lipinski definition) is 5. The molecule has 1 aliphatic carbocycles. The zero-order chi connectivity index (χ0) is 23.8. The van der Waals surface area contributed by atoms with E-state index < -0.39 is 5.41 Å². The number of benzene rings is 2. The van der Waals surface area contributed by atoms with Gasteiger partial charge in [0, 0.05) is 19.6 Å². The van der Waals surface area contributed by atoms with Gasteiger partial charge in [-0.2, -0.15) is 10.5 Å². The van der Waals surface area contributed by atoms with E-state index >= 15 is 0 Å². The molecule has 1 aliphatic heterocycles. The molecular weight excluding hydrogens is 422 g/mol. The first-order valence-electron chi connectivity index (χ1n) is 12.6. The van der Waals surface area contributed by atoms with E-state index in [4.69, 9.17) is 14.7 Å². The fraction of sp³-hybridized carbons (Fsp3) is 0.517. The van der Waals surface area contributed by atoms with Crippen molar-refractivity contribution >= 4 is 0 Å². The molecule has 4 rings (SSSR count). The van der Waals surface area contributed by atoms with Gasteiger partial charge in [0.1, 0.15) is 5.75 Å². The predicted molar refractivity (Wildman–Crippen MR) is 132 cm³/mol. The summed E-state index contributed by atoms with van der Waals surface area (Å²) in [6.07, 6.45) is 6.44. The summed E-state index contributed by atoms with van der Waals surface area (Å²) in [6.45, 7) is 3.69. The molecule has 2 aromatic rings. The fourth-order valence-corrected chi connectivity index (χ4v) is 6.15. The number of hydrogen-bond donors (Lipinski definition) is 0. The summed E-state index contributed by atoms with van der Waals surface area (Å²) in [7, 11) is 1.80. The Morgan fingerprint density at radius 3 is 2.35 bits per heavy atom. The first-order valence-corrected chi connectivity index (χ1v) is 12.6. The van der Waals surface area contributed by atoms with Crippen LogP contribution in [-0.4, -0.2) is 44.4 Å². The molecule has 0 N–H and O–H groups in total. The topological polar surface area (TPSA) is 69.3 Å². The number of methoxy groups -OCH3 is 1. The van der Waals surface area contributed by atoms with Crippen LogP contribution in [0.25, 0.3) is 0 Å². The summed E-state index contributed by atoms with van der Waals surface area (Å²) in [5, 5.41) is 19.6. The normalized spacial score (nSPS) is 23.0. The van der Waals surface area contributed by atoms with Gasteiger partial charge in [-0.15, -0.1) is 0 Å². The Kier molecular flexibility index (Phi) is 8.22. The molecule has 0 bridgehead atoms. The fourth-order valence-electron chi connectivity index (χ4n) is 6.15. The van der Waals surface area contributed by atoms with Crippen LogP contribution >= 0.6 is 0 Å². The van der Waals surface area contributed by atoms with Crippen LogP contribution in [0.15, 0.2) is 54.6 Å². The van der Waals surface area contributed by atoms with Crippen molar-refractivity contribution in [1.29, 1.82) is 10.5 Å². The quantitative estimate of drug-likeness (QED) is 0.477. The number of piperidine rings is 1. The van der Waals surface area contributed by atoms with Crippen molar-refractivity contribution < 1.29 is 9.47 Å². The van der Waals surface area contributed by atoms with Gasteiger partial charge < -0.3 is 14.4 Å². The predicted octanol–water partition coefficient (Wildman–Crippen LogP) is 5.32. The highest BCUT2D eigenvalue weighted by Gasteiger charge is 2.52. The number of nitrogens with zero attached hydrogens (tertiary/aromatic N) is 3. The van der Waals surface area contributed by atoms with E-state index in [-0.39, 0.29) is 12.0 Å². The van der Waals surface area contributed by atoms with Crippen molar-refractivity contribution in [3.8, 4) is 17.9 Å². The summed E-state index contributed by atoms with van der Waals surface area (Å²) in [6, 6.07) is 22.8. The number of rotatable bonds is 9. The molecule has 1 saturated carbocycles. The van der Waals surface area contributed by atoms with Crippen LogP contribution in [0.1, 0.15) is 49.7 Å². The van der Waals surface area contributed by atoms with Crippen molar-refractivity contribution in [3.63, 3.8) is 0 Å². The van der Waals surface area contributed by atoms with Gasteiger partial charge in [0.2, 0.25) is 0 Å². The monoisotopic (exact) mass is 457 g/mol. The molecule has 0 spiro atoms. The molecule has 2 aromatic carbocycles. The smallest absolute Gasteiger partial charge is 0.119 e. The van der Waals surface area contributed by atoms with Crippen LogP contribution in [0, 0.1) is 34.5 Å². The van der Waals surface area contributed by atoms with Crippen molar-refractivity contribution in [2.24, 2.45) is 11.8 Å². The van der Waals surface area contributed by atoms with Gasteiger partial charge in [0.05, 0.1) is 35.8 Å². The Labute approximate surface area is 203 Å². The van der Waals surface area contributed by atoms with Crippen LogP contribution in [0.3, 0.4) is 0 Å². The van der Waals surface area contributed by atoms with Crippen LogP contribution in [-0.2, 0) is 10.2 Å². The molecule has 34 heavy (non-hydrogen) atoms. The third-order valence-electron chi connectivity index (χ3n) is 7.88. The molecule has 5 nitrogen and oxygen atoms in total. The lowest BCUT2D eigenvalue weighted by Gasteiger charge is -2.45. The minimum atomic E-state index is -0.483. The average Bonchev–Trinajstić information content (AvgIpc) is 3.38. The minimum absolute atomic E-state index is 0.164. The molecule has 0 amide bonds. The maximum atomic E-state index is 10.7. The lowest BCUT2D eigenvalue weighted by molar-refractivity contribution is 0.0205. The highest BCUT2D eigenvalue weighted by molar-refractivity contribution is 5.37. The SMILES string of the molecule is CO[C@H]1CCC[C@H]1C(C#N)(c1ccccc1)C1CCN(CCCOc2ccc(C#N)cc2)CC1. The Morgan fingerprint density at radius 1 is 0.971 bits per heavy atom. The highest BCUT2D eigenvalue weighted by Crippen LogP contribution is 2.50. The first kappa shape index (κ1) is 24.3. The van der Waals surface area contributed by atoms with Gasteiger partial charge in [0.25, 0.3) is 0 Å². The molecule has 1 unspecified atom stereocenters. The molecule has 178 valence electrons. The van der Waals surface area contributed by atoms with Gasteiger partial charge >= 0.3 is 0 Å². The Hall–Kier alpha value is -2.86. The molecule has 3 atom stereocenters. The molecule has 2 aliphatic rings. The maximum Gasteiger partial charge on any atom is 0.119 e. The number of nitriles is 2. The van der Waals surface area contributed by atoms with E-state index in [2.05, 4.69) is 41.3 Å². The third-order valence-corrected chi connectivity index (χ3v) is 7.88. The lowest BCUT2D eigenvalue weighted by Crippen LogP contribution is -2.49. The van der Waals surface area contributed by atoms with E-state index in [1.54, 1.807) is 19.2 Å². The largest absolute Gasteiger partial charge is 0.494 e. The average molecular weight is 458 g/mol. The summed E-state index contributed by atoms with van der Waals surface area (Å²) in [5.41, 5.74) is 1.33. The highest BCUT2D eigenvalue weighted by atomic mass is 16.5. The van der Waals surface area contributed by atoms with Crippen LogP contribution in [0.4, 0.5) is 0 Å². The number of likely N-dealkylation sites (tertiary alicyclic amines) is 1. The van der Waals surface area contributed by atoms with Gasteiger partial charge in [0.15, 0.2) is 0 Å². The lowest BCUT2D eigenvalue weighted by atomic mass is 9.59. The van der Waals surface area contributed by atoms with Crippen molar-refractivity contribution in [3.05, 3.63) is 65.7 Å². The molecule has 5 heteroatoms. The second-order valence-corrected chi connectivity index (χ2v) is 9.61. The second-order valence-electron chi connectivity index (χ2n) is 9.61. The molecule has 1 saturated heterocycles. The molecule has 2 fully saturated rings. The van der Waals surface area contributed by atoms with E-state index in [0.29, 0.717) is 18.1 Å². The van der Waals surface area contributed by atoms with Crippen molar-refractivity contribution in [2.45, 2.75) is 50.0 Å². The van der Waals surface area contributed by atoms with Crippen LogP contribution in [0.2, 0.25) is 0 Å². The number of ether oxygens (including phenoxy) is 2. The minimum Gasteiger partial charge on any atom is -0.494 e. The van der Waals surface area contributed by atoms with Crippen LogP contribution in [0.5, 0.6) is 5.75 Å².